The number of methoxy groups -OCH3 is 1. The van der Waals surface area contributed by atoms with Crippen LogP contribution in [0.4, 0.5) is 0 Å². The van der Waals surface area contributed by atoms with Gasteiger partial charge in [-0.3, -0.25) is 0 Å². The van der Waals surface area contributed by atoms with Gasteiger partial charge in [0, 0.05) is 24.1 Å². The van der Waals surface area contributed by atoms with Crippen LogP contribution < -0.4 is 10.1 Å². The highest BCUT2D eigenvalue weighted by Gasteiger charge is 2.27. The maximum absolute atomic E-state index is 9.68. The van der Waals surface area contributed by atoms with Gasteiger partial charge in [-0.15, -0.1) is 0 Å². The summed E-state index contributed by atoms with van der Waals surface area (Å²) in [5, 5.41) is 13.0. The largest absolute Gasteiger partial charge is 0.496 e. The molecule has 2 unspecified atom stereocenters. The van der Waals surface area contributed by atoms with Gasteiger partial charge < -0.3 is 15.2 Å². The Bertz CT molecular complexity index is 415. The summed E-state index contributed by atoms with van der Waals surface area (Å²) in [5.41, 5.74) is 3.49. The Hall–Kier alpha value is -1.06. The Morgan fingerprint density at radius 1 is 1.26 bits per heavy atom. The fourth-order valence-corrected chi connectivity index (χ4v) is 2.80. The number of hydrogen-bond donors (Lipinski definition) is 2. The molecule has 0 heterocycles. The summed E-state index contributed by atoms with van der Waals surface area (Å²) in [4.78, 5) is 0. The number of aliphatic hydroxyl groups is 1. The highest BCUT2D eigenvalue weighted by Crippen LogP contribution is 2.36. The molecule has 3 nitrogen and oxygen atoms in total. The van der Waals surface area contributed by atoms with E-state index in [4.69, 9.17) is 4.74 Å². The molecule has 0 fully saturated rings. The third kappa shape index (κ3) is 3.48. The van der Waals surface area contributed by atoms with Gasteiger partial charge in [-0.1, -0.05) is 31.5 Å². The topological polar surface area (TPSA) is 41.5 Å². The molecular formula is C16H27NO2. The van der Waals surface area contributed by atoms with Crippen molar-refractivity contribution >= 4 is 0 Å². The van der Waals surface area contributed by atoms with E-state index < -0.39 is 0 Å². The van der Waals surface area contributed by atoms with Crippen molar-refractivity contribution in [2.45, 2.75) is 33.7 Å². The van der Waals surface area contributed by atoms with Crippen molar-refractivity contribution in [2.24, 2.45) is 11.8 Å². The number of benzene rings is 1. The molecule has 0 aromatic heterocycles. The third-order valence-electron chi connectivity index (χ3n) is 3.79. The second-order valence-electron chi connectivity index (χ2n) is 5.56. The minimum atomic E-state index is 0.0959. The first kappa shape index (κ1) is 16.0. The van der Waals surface area contributed by atoms with Gasteiger partial charge in [-0.25, -0.2) is 0 Å². The van der Waals surface area contributed by atoms with E-state index in [0.717, 1.165) is 16.9 Å². The van der Waals surface area contributed by atoms with Crippen molar-refractivity contribution < 1.29 is 9.84 Å². The molecule has 0 amide bonds. The second kappa shape index (κ2) is 6.92. The molecule has 1 rings (SSSR count). The number of rotatable bonds is 6. The molecule has 0 saturated heterocycles. The molecule has 3 heteroatoms. The Morgan fingerprint density at radius 2 is 1.89 bits per heavy atom. The van der Waals surface area contributed by atoms with Crippen LogP contribution in [0.15, 0.2) is 12.1 Å². The maximum Gasteiger partial charge on any atom is 0.126 e. The Morgan fingerprint density at radius 3 is 2.32 bits per heavy atom. The van der Waals surface area contributed by atoms with Crippen LogP contribution in [0.3, 0.4) is 0 Å². The van der Waals surface area contributed by atoms with Crippen molar-refractivity contribution in [3.8, 4) is 5.75 Å². The fourth-order valence-electron chi connectivity index (χ4n) is 2.80. The molecule has 0 aliphatic heterocycles. The molecule has 0 bridgehead atoms. The molecule has 0 aliphatic carbocycles. The average molecular weight is 265 g/mol. The van der Waals surface area contributed by atoms with E-state index in [1.54, 1.807) is 7.11 Å². The summed E-state index contributed by atoms with van der Waals surface area (Å²) in [7, 11) is 3.64. The summed E-state index contributed by atoms with van der Waals surface area (Å²) in [6.45, 7) is 8.59. The minimum Gasteiger partial charge on any atom is -0.496 e. The molecule has 108 valence electrons. The van der Waals surface area contributed by atoms with Gasteiger partial charge in [-0.2, -0.15) is 0 Å². The van der Waals surface area contributed by atoms with E-state index in [1.807, 2.05) is 7.05 Å². The first-order chi connectivity index (χ1) is 8.96. The van der Waals surface area contributed by atoms with Crippen molar-refractivity contribution in [2.75, 3.05) is 20.8 Å². The Kier molecular flexibility index (Phi) is 5.83. The molecular weight excluding hydrogens is 238 g/mol. The van der Waals surface area contributed by atoms with E-state index in [-0.39, 0.29) is 18.6 Å². The molecule has 0 radical (unpaired) electrons. The zero-order chi connectivity index (χ0) is 14.6. The van der Waals surface area contributed by atoms with E-state index in [0.29, 0.717) is 5.92 Å². The number of aliphatic hydroxyl groups excluding tert-OH is 1. The molecule has 0 spiro atoms. The monoisotopic (exact) mass is 265 g/mol. The highest BCUT2D eigenvalue weighted by atomic mass is 16.5. The van der Waals surface area contributed by atoms with E-state index in [1.165, 1.54) is 5.56 Å². The fraction of sp³-hybridized carbons (Fsp3) is 0.625. The number of aryl methyl sites for hydroxylation is 2. The lowest BCUT2D eigenvalue weighted by Gasteiger charge is -2.30. The van der Waals surface area contributed by atoms with E-state index >= 15 is 0 Å². The van der Waals surface area contributed by atoms with Gasteiger partial charge in [0.05, 0.1) is 7.11 Å². The Balaban J connectivity index is 3.31. The maximum atomic E-state index is 9.68. The van der Waals surface area contributed by atoms with Crippen LogP contribution in [0, 0.1) is 25.7 Å². The van der Waals surface area contributed by atoms with Gasteiger partial charge >= 0.3 is 0 Å². The van der Waals surface area contributed by atoms with Crippen LogP contribution in [0.5, 0.6) is 5.75 Å². The highest BCUT2D eigenvalue weighted by molar-refractivity contribution is 5.45. The lowest BCUT2D eigenvalue weighted by molar-refractivity contribution is 0.153. The van der Waals surface area contributed by atoms with Crippen molar-refractivity contribution in [1.82, 2.24) is 5.32 Å². The summed E-state index contributed by atoms with van der Waals surface area (Å²) in [6, 6.07) is 4.37. The summed E-state index contributed by atoms with van der Waals surface area (Å²) in [6.07, 6.45) is 0. The van der Waals surface area contributed by atoms with E-state index in [9.17, 15) is 5.11 Å². The molecule has 1 aromatic carbocycles. The van der Waals surface area contributed by atoms with Crippen LogP contribution in [-0.2, 0) is 0 Å². The SMILES string of the molecule is CNC(c1cc(C)cc(C)c1OC)C(CO)C(C)C. The van der Waals surface area contributed by atoms with E-state index in [2.05, 4.69) is 45.1 Å². The van der Waals surface area contributed by atoms with Gasteiger partial charge in [0.25, 0.3) is 0 Å². The van der Waals surface area contributed by atoms with Crippen LogP contribution in [0.1, 0.15) is 36.6 Å². The summed E-state index contributed by atoms with van der Waals surface area (Å²) >= 11 is 0. The Labute approximate surface area is 117 Å². The summed E-state index contributed by atoms with van der Waals surface area (Å²) in [5.74, 6) is 1.48. The second-order valence-corrected chi connectivity index (χ2v) is 5.56. The van der Waals surface area contributed by atoms with Crippen LogP contribution in [-0.4, -0.2) is 25.9 Å². The summed E-state index contributed by atoms with van der Waals surface area (Å²) < 4.78 is 5.57. The normalized spacial score (nSPS) is 14.5. The first-order valence-electron chi connectivity index (χ1n) is 6.89. The predicted molar refractivity (Wildman–Crippen MR) is 79.7 cm³/mol. The number of ether oxygens (including phenoxy) is 1. The van der Waals surface area contributed by atoms with Gasteiger partial charge in [-0.05, 0) is 32.4 Å². The minimum absolute atomic E-state index is 0.0959. The lowest BCUT2D eigenvalue weighted by Crippen LogP contribution is -2.31. The van der Waals surface area contributed by atoms with Crippen molar-refractivity contribution in [3.05, 3.63) is 28.8 Å². The standard InChI is InChI=1S/C16H27NO2/c1-10(2)14(9-18)15(17-5)13-8-11(3)7-12(4)16(13)19-6/h7-8,10,14-15,17-18H,9H2,1-6H3. The number of nitrogens with one attached hydrogen (secondary N) is 1. The van der Waals surface area contributed by atoms with Crippen LogP contribution in [0.2, 0.25) is 0 Å². The van der Waals surface area contributed by atoms with Crippen LogP contribution in [0.25, 0.3) is 0 Å². The van der Waals surface area contributed by atoms with Gasteiger partial charge in [0.2, 0.25) is 0 Å². The molecule has 1 aromatic rings. The molecule has 0 saturated carbocycles. The van der Waals surface area contributed by atoms with Crippen molar-refractivity contribution in [1.29, 1.82) is 0 Å². The van der Waals surface area contributed by atoms with Gasteiger partial charge in [0.15, 0.2) is 0 Å². The van der Waals surface area contributed by atoms with Gasteiger partial charge in [0.1, 0.15) is 5.75 Å². The molecule has 19 heavy (non-hydrogen) atoms. The number of hydrogen-bond acceptors (Lipinski definition) is 3. The molecule has 2 atom stereocenters. The van der Waals surface area contributed by atoms with Crippen LogP contribution >= 0.6 is 0 Å². The van der Waals surface area contributed by atoms with Crippen molar-refractivity contribution in [3.63, 3.8) is 0 Å². The molecule has 0 aliphatic rings. The zero-order valence-electron chi connectivity index (χ0n) is 12.9. The lowest BCUT2D eigenvalue weighted by atomic mass is 9.83. The predicted octanol–water partition coefficient (Wildman–Crippen LogP) is 2.84. The quantitative estimate of drug-likeness (QED) is 0.831. The smallest absolute Gasteiger partial charge is 0.126 e. The third-order valence-corrected chi connectivity index (χ3v) is 3.79. The zero-order valence-corrected chi connectivity index (χ0v) is 12.9. The molecule has 2 N–H and O–H groups in total. The average Bonchev–Trinajstić information content (AvgIpc) is 2.34. The first-order valence-corrected chi connectivity index (χ1v) is 6.89.